The van der Waals surface area contributed by atoms with Crippen molar-refractivity contribution in [2.45, 2.75) is 44.3 Å². The number of hydrogen-bond donors (Lipinski definition) is 2. The predicted molar refractivity (Wildman–Crippen MR) is 79.0 cm³/mol. The highest BCUT2D eigenvalue weighted by molar-refractivity contribution is 5.98. The molecule has 1 aromatic rings. The summed E-state index contributed by atoms with van der Waals surface area (Å²) in [6.45, 7) is -2.86. The quantitative estimate of drug-likeness (QED) is 0.894. The van der Waals surface area contributed by atoms with Gasteiger partial charge in [0.2, 0.25) is 5.91 Å². The molecule has 0 aromatic heterocycles. The lowest BCUT2D eigenvalue weighted by Crippen LogP contribution is -2.52. The van der Waals surface area contributed by atoms with Crippen LogP contribution in [0.1, 0.15) is 32.1 Å². The number of benzene rings is 1. The molecule has 0 bridgehead atoms. The summed E-state index contributed by atoms with van der Waals surface area (Å²) < 4.78 is 28.3. The van der Waals surface area contributed by atoms with E-state index in [-0.39, 0.29) is 24.1 Å². The number of halogens is 3. The van der Waals surface area contributed by atoms with E-state index in [9.17, 15) is 13.6 Å². The van der Waals surface area contributed by atoms with Crippen molar-refractivity contribution in [1.82, 2.24) is 0 Å². The summed E-state index contributed by atoms with van der Waals surface area (Å²) in [5, 5.41) is 2.73. The Balaban J connectivity index is 0.00000220. The molecular weight excluding hydrogens is 302 g/mol. The van der Waals surface area contributed by atoms with E-state index in [0.29, 0.717) is 18.5 Å². The van der Waals surface area contributed by atoms with Gasteiger partial charge in [-0.15, -0.1) is 12.4 Å². The normalized spacial score (nSPS) is 17.0. The number of nitrogens with one attached hydrogen (secondary N) is 1. The number of rotatable bonds is 4. The standard InChI is InChI=1S/C14H18F2N2O2.ClH/c15-13(16)20-11-6-4-10(5-7-11)18-12(19)14(17)8-2-1-3-9-14;/h4-7,13H,1-3,8-9,17H2,(H,18,19);1H. The Hall–Kier alpha value is -1.40. The minimum Gasteiger partial charge on any atom is -0.435 e. The summed E-state index contributed by atoms with van der Waals surface area (Å²) in [6, 6.07) is 5.79. The Morgan fingerprint density at radius 3 is 2.29 bits per heavy atom. The molecular formula is C14H19ClF2N2O2. The lowest BCUT2D eigenvalue weighted by molar-refractivity contribution is -0.122. The number of carbonyl (C=O) groups excluding carboxylic acids is 1. The monoisotopic (exact) mass is 320 g/mol. The van der Waals surface area contributed by atoms with Crippen molar-refractivity contribution in [2.75, 3.05) is 5.32 Å². The fourth-order valence-corrected chi connectivity index (χ4v) is 2.39. The lowest BCUT2D eigenvalue weighted by atomic mass is 9.82. The van der Waals surface area contributed by atoms with Gasteiger partial charge < -0.3 is 15.8 Å². The Labute approximate surface area is 128 Å². The van der Waals surface area contributed by atoms with E-state index in [1.807, 2.05) is 0 Å². The van der Waals surface area contributed by atoms with Gasteiger partial charge in [0, 0.05) is 5.69 Å². The SMILES string of the molecule is Cl.NC1(C(=O)Nc2ccc(OC(F)F)cc2)CCCCC1. The Kier molecular flexibility index (Phi) is 6.36. The van der Waals surface area contributed by atoms with Crippen LogP contribution in [0.3, 0.4) is 0 Å². The van der Waals surface area contributed by atoms with E-state index in [1.165, 1.54) is 24.3 Å². The number of ether oxygens (including phenoxy) is 1. The van der Waals surface area contributed by atoms with Crippen LogP contribution in [-0.2, 0) is 4.79 Å². The second-order valence-electron chi connectivity index (χ2n) is 5.07. The van der Waals surface area contributed by atoms with Gasteiger partial charge in [0.05, 0.1) is 5.54 Å². The first-order chi connectivity index (χ1) is 9.49. The minimum atomic E-state index is -2.86. The summed E-state index contributed by atoms with van der Waals surface area (Å²) in [7, 11) is 0. The van der Waals surface area contributed by atoms with Crippen LogP contribution < -0.4 is 15.8 Å². The largest absolute Gasteiger partial charge is 0.435 e. The third-order valence-corrected chi connectivity index (χ3v) is 3.54. The molecule has 0 heterocycles. The fraction of sp³-hybridized carbons (Fsp3) is 0.500. The Bertz CT molecular complexity index is 463. The molecule has 3 N–H and O–H groups in total. The van der Waals surface area contributed by atoms with Crippen LogP contribution in [0.4, 0.5) is 14.5 Å². The maximum absolute atomic E-state index is 12.2. The highest BCUT2D eigenvalue weighted by atomic mass is 35.5. The van der Waals surface area contributed by atoms with Crippen molar-refractivity contribution in [3.05, 3.63) is 24.3 Å². The summed E-state index contributed by atoms with van der Waals surface area (Å²) in [6.07, 6.45) is 4.35. The van der Waals surface area contributed by atoms with Gasteiger partial charge in [0.25, 0.3) is 0 Å². The van der Waals surface area contributed by atoms with Crippen molar-refractivity contribution >= 4 is 24.0 Å². The van der Waals surface area contributed by atoms with Crippen molar-refractivity contribution < 1.29 is 18.3 Å². The lowest BCUT2D eigenvalue weighted by Gasteiger charge is -2.31. The number of carbonyl (C=O) groups is 1. The summed E-state index contributed by atoms with van der Waals surface area (Å²) >= 11 is 0. The maximum Gasteiger partial charge on any atom is 0.387 e. The van der Waals surface area contributed by atoms with Gasteiger partial charge in [-0.05, 0) is 37.1 Å². The van der Waals surface area contributed by atoms with E-state index in [0.717, 1.165) is 19.3 Å². The molecule has 0 radical (unpaired) electrons. The summed E-state index contributed by atoms with van der Waals surface area (Å²) in [5.41, 5.74) is 5.81. The first kappa shape index (κ1) is 17.7. The third-order valence-electron chi connectivity index (χ3n) is 3.54. The van der Waals surface area contributed by atoms with Crippen LogP contribution >= 0.6 is 12.4 Å². The van der Waals surface area contributed by atoms with Gasteiger partial charge in [-0.3, -0.25) is 4.79 Å². The smallest absolute Gasteiger partial charge is 0.387 e. The van der Waals surface area contributed by atoms with Crippen LogP contribution in [-0.4, -0.2) is 18.1 Å². The zero-order chi connectivity index (χ0) is 14.6. The van der Waals surface area contributed by atoms with E-state index < -0.39 is 12.2 Å². The molecule has 0 atom stereocenters. The topological polar surface area (TPSA) is 64.4 Å². The van der Waals surface area contributed by atoms with Crippen molar-refractivity contribution in [2.24, 2.45) is 5.73 Å². The molecule has 1 aromatic carbocycles. The fourth-order valence-electron chi connectivity index (χ4n) is 2.39. The minimum absolute atomic E-state index is 0. The molecule has 1 amide bonds. The zero-order valence-electron chi connectivity index (χ0n) is 11.5. The molecule has 0 unspecified atom stereocenters. The molecule has 1 saturated carbocycles. The van der Waals surface area contributed by atoms with Gasteiger partial charge in [-0.1, -0.05) is 19.3 Å². The number of nitrogens with two attached hydrogens (primary N) is 1. The van der Waals surface area contributed by atoms with Crippen molar-refractivity contribution in [1.29, 1.82) is 0 Å². The van der Waals surface area contributed by atoms with E-state index in [4.69, 9.17) is 5.73 Å². The van der Waals surface area contributed by atoms with E-state index >= 15 is 0 Å². The molecule has 0 spiro atoms. The molecule has 118 valence electrons. The Morgan fingerprint density at radius 1 is 1.19 bits per heavy atom. The number of anilines is 1. The second kappa shape index (κ2) is 7.56. The first-order valence-electron chi connectivity index (χ1n) is 6.65. The molecule has 0 aliphatic heterocycles. The highest BCUT2D eigenvalue weighted by Gasteiger charge is 2.35. The Morgan fingerprint density at radius 2 is 1.76 bits per heavy atom. The maximum atomic E-state index is 12.2. The molecule has 2 rings (SSSR count). The molecule has 21 heavy (non-hydrogen) atoms. The average Bonchev–Trinajstić information content (AvgIpc) is 2.41. The molecule has 1 aliphatic carbocycles. The summed E-state index contributed by atoms with van der Waals surface area (Å²) in [5.74, 6) is -0.169. The number of amides is 1. The van der Waals surface area contributed by atoms with Gasteiger partial charge >= 0.3 is 6.61 Å². The van der Waals surface area contributed by atoms with Gasteiger partial charge in [-0.25, -0.2) is 0 Å². The van der Waals surface area contributed by atoms with Gasteiger partial charge in [0.1, 0.15) is 5.75 Å². The molecule has 7 heteroatoms. The van der Waals surface area contributed by atoms with Crippen molar-refractivity contribution in [3.63, 3.8) is 0 Å². The molecule has 4 nitrogen and oxygen atoms in total. The van der Waals surface area contributed by atoms with E-state index in [2.05, 4.69) is 10.1 Å². The third kappa shape index (κ3) is 4.82. The van der Waals surface area contributed by atoms with Crippen LogP contribution in [0.2, 0.25) is 0 Å². The van der Waals surface area contributed by atoms with Crippen LogP contribution in [0.15, 0.2) is 24.3 Å². The second-order valence-corrected chi connectivity index (χ2v) is 5.07. The molecule has 0 saturated heterocycles. The predicted octanol–water partition coefficient (Wildman–Crippen LogP) is 3.31. The van der Waals surface area contributed by atoms with Crippen LogP contribution in [0.25, 0.3) is 0 Å². The first-order valence-corrected chi connectivity index (χ1v) is 6.65. The van der Waals surface area contributed by atoms with Crippen LogP contribution in [0.5, 0.6) is 5.75 Å². The van der Waals surface area contributed by atoms with Crippen molar-refractivity contribution in [3.8, 4) is 5.75 Å². The number of hydrogen-bond acceptors (Lipinski definition) is 3. The number of alkyl halides is 2. The summed E-state index contributed by atoms with van der Waals surface area (Å²) in [4.78, 5) is 12.2. The average molecular weight is 321 g/mol. The van der Waals surface area contributed by atoms with Gasteiger partial charge in [0.15, 0.2) is 0 Å². The van der Waals surface area contributed by atoms with Gasteiger partial charge in [-0.2, -0.15) is 8.78 Å². The molecule has 1 aliphatic rings. The zero-order valence-corrected chi connectivity index (χ0v) is 12.3. The van der Waals surface area contributed by atoms with E-state index in [1.54, 1.807) is 0 Å². The molecule has 1 fully saturated rings. The van der Waals surface area contributed by atoms with Crippen LogP contribution in [0, 0.1) is 0 Å². The highest BCUT2D eigenvalue weighted by Crippen LogP contribution is 2.27.